The number of hydrogen-bond donors (Lipinski definition) is 0. The lowest BCUT2D eigenvalue weighted by molar-refractivity contribution is -0.176. The van der Waals surface area contributed by atoms with E-state index in [0.29, 0.717) is 10.8 Å². The lowest BCUT2D eigenvalue weighted by Crippen LogP contribution is -2.55. The molecule has 0 saturated heterocycles. The van der Waals surface area contributed by atoms with Gasteiger partial charge in [-0.3, -0.25) is 0 Å². The molecule has 0 radical (unpaired) electrons. The molecular weight excluding hydrogens is 344 g/mol. The van der Waals surface area contributed by atoms with E-state index in [1.54, 1.807) is 30.3 Å². The first kappa shape index (κ1) is 18.8. The first-order valence-electron chi connectivity index (χ1n) is 7.58. The maximum absolute atomic E-state index is 12.5. The number of methoxy groups -OCH3 is 2. The molecule has 0 N–H and O–H groups in total. The van der Waals surface area contributed by atoms with Crippen molar-refractivity contribution in [3.63, 3.8) is 0 Å². The lowest BCUT2D eigenvalue weighted by Gasteiger charge is -2.29. The SMILES string of the molecule is COC(=O)C(Cc1cccc(C)c1)(Oc1ccc(Cl)cc1)C(=O)OC. The molecule has 2 aromatic carbocycles. The van der Waals surface area contributed by atoms with Crippen LogP contribution in [0.25, 0.3) is 0 Å². The molecule has 0 amide bonds. The van der Waals surface area contributed by atoms with Crippen molar-refractivity contribution in [3.8, 4) is 5.75 Å². The molecule has 6 heteroatoms. The Balaban J connectivity index is 2.48. The van der Waals surface area contributed by atoms with Crippen molar-refractivity contribution in [2.75, 3.05) is 14.2 Å². The van der Waals surface area contributed by atoms with Crippen LogP contribution in [-0.2, 0) is 25.5 Å². The van der Waals surface area contributed by atoms with Crippen LogP contribution in [0.15, 0.2) is 48.5 Å². The van der Waals surface area contributed by atoms with E-state index >= 15 is 0 Å². The Bertz CT molecular complexity index is 739. The molecule has 5 nitrogen and oxygen atoms in total. The fourth-order valence-electron chi connectivity index (χ4n) is 2.49. The molecule has 2 aromatic rings. The summed E-state index contributed by atoms with van der Waals surface area (Å²) in [6.07, 6.45) is -0.0311. The highest BCUT2D eigenvalue weighted by atomic mass is 35.5. The minimum atomic E-state index is -1.95. The summed E-state index contributed by atoms with van der Waals surface area (Å²) >= 11 is 5.87. The topological polar surface area (TPSA) is 61.8 Å². The molecule has 0 bridgehead atoms. The average molecular weight is 363 g/mol. The smallest absolute Gasteiger partial charge is 0.362 e. The summed E-state index contributed by atoms with van der Waals surface area (Å²) in [7, 11) is 2.39. The van der Waals surface area contributed by atoms with E-state index in [-0.39, 0.29) is 6.42 Å². The van der Waals surface area contributed by atoms with E-state index in [9.17, 15) is 9.59 Å². The second kappa shape index (κ2) is 8.03. The molecule has 0 aliphatic rings. The zero-order valence-electron chi connectivity index (χ0n) is 14.2. The Labute approximate surface area is 151 Å². The molecule has 2 rings (SSSR count). The third-order valence-corrected chi connectivity index (χ3v) is 3.92. The van der Waals surface area contributed by atoms with Crippen LogP contribution in [0.5, 0.6) is 5.75 Å². The van der Waals surface area contributed by atoms with Crippen LogP contribution in [0.1, 0.15) is 11.1 Å². The first-order chi connectivity index (χ1) is 11.9. The molecule has 132 valence electrons. The van der Waals surface area contributed by atoms with E-state index < -0.39 is 17.5 Å². The molecule has 0 aliphatic carbocycles. The highest BCUT2D eigenvalue weighted by Gasteiger charge is 2.51. The van der Waals surface area contributed by atoms with Crippen LogP contribution in [-0.4, -0.2) is 31.8 Å². The minimum absolute atomic E-state index is 0.0311. The monoisotopic (exact) mass is 362 g/mol. The molecule has 0 fully saturated rings. The maximum Gasteiger partial charge on any atom is 0.362 e. The molecule has 0 unspecified atom stereocenters. The van der Waals surface area contributed by atoms with Gasteiger partial charge in [0.2, 0.25) is 0 Å². The zero-order valence-corrected chi connectivity index (χ0v) is 15.0. The normalized spacial score (nSPS) is 10.9. The van der Waals surface area contributed by atoms with Gasteiger partial charge in [0.1, 0.15) is 5.75 Å². The van der Waals surface area contributed by atoms with Crippen LogP contribution >= 0.6 is 11.6 Å². The third kappa shape index (κ3) is 4.31. The molecule has 0 aliphatic heterocycles. The Morgan fingerprint density at radius 2 is 1.60 bits per heavy atom. The number of ether oxygens (including phenoxy) is 3. The van der Waals surface area contributed by atoms with E-state index in [1.165, 1.54) is 14.2 Å². The molecule has 0 atom stereocenters. The molecule has 0 aromatic heterocycles. The summed E-state index contributed by atoms with van der Waals surface area (Å²) in [6.45, 7) is 1.92. The standard InChI is InChI=1S/C19H19ClO5/c1-13-5-4-6-14(11-13)12-19(17(21)23-2,18(22)24-3)25-16-9-7-15(20)8-10-16/h4-11H,12H2,1-3H3. The van der Waals surface area contributed by atoms with Gasteiger partial charge in [-0.15, -0.1) is 0 Å². The van der Waals surface area contributed by atoms with Gasteiger partial charge in [0.05, 0.1) is 14.2 Å². The van der Waals surface area contributed by atoms with Crippen molar-refractivity contribution in [2.45, 2.75) is 18.9 Å². The van der Waals surface area contributed by atoms with Crippen molar-refractivity contribution in [1.82, 2.24) is 0 Å². The van der Waals surface area contributed by atoms with Gasteiger partial charge in [-0.1, -0.05) is 41.4 Å². The fraction of sp³-hybridized carbons (Fsp3) is 0.263. The van der Waals surface area contributed by atoms with Gasteiger partial charge >= 0.3 is 17.5 Å². The van der Waals surface area contributed by atoms with E-state index in [0.717, 1.165) is 11.1 Å². The number of rotatable bonds is 6. The molecular formula is C19H19ClO5. The van der Waals surface area contributed by atoms with Crippen LogP contribution in [0.4, 0.5) is 0 Å². The second-order valence-electron chi connectivity index (χ2n) is 5.53. The highest BCUT2D eigenvalue weighted by Crippen LogP contribution is 2.27. The van der Waals surface area contributed by atoms with Gasteiger partial charge < -0.3 is 14.2 Å². The largest absolute Gasteiger partial charge is 0.466 e. The highest BCUT2D eigenvalue weighted by molar-refractivity contribution is 6.30. The summed E-state index contributed by atoms with van der Waals surface area (Å²) in [5.41, 5.74) is -0.220. The Hall–Kier alpha value is -2.53. The fourth-order valence-corrected chi connectivity index (χ4v) is 2.62. The number of carbonyl (C=O) groups excluding carboxylic acids is 2. The Morgan fingerprint density at radius 3 is 2.12 bits per heavy atom. The predicted octanol–water partition coefficient (Wildman–Crippen LogP) is 3.35. The number of halogens is 1. The Morgan fingerprint density at radius 1 is 1.00 bits per heavy atom. The van der Waals surface area contributed by atoms with Gasteiger partial charge in [0, 0.05) is 11.4 Å². The van der Waals surface area contributed by atoms with Crippen LogP contribution in [0, 0.1) is 6.92 Å². The van der Waals surface area contributed by atoms with Crippen LogP contribution in [0.2, 0.25) is 5.02 Å². The van der Waals surface area contributed by atoms with Crippen molar-refractivity contribution in [3.05, 3.63) is 64.7 Å². The molecule has 0 saturated carbocycles. The average Bonchev–Trinajstić information content (AvgIpc) is 2.61. The van der Waals surface area contributed by atoms with Crippen molar-refractivity contribution in [1.29, 1.82) is 0 Å². The predicted molar refractivity (Wildman–Crippen MR) is 93.7 cm³/mol. The molecule has 0 spiro atoms. The summed E-state index contributed by atoms with van der Waals surface area (Å²) < 4.78 is 15.5. The summed E-state index contributed by atoms with van der Waals surface area (Å²) in [5, 5.41) is 0.507. The Kier molecular flexibility index (Phi) is 6.04. The summed E-state index contributed by atoms with van der Waals surface area (Å²) in [4.78, 5) is 25.0. The van der Waals surface area contributed by atoms with Gasteiger partial charge in [0.25, 0.3) is 0 Å². The van der Waals surface area contributed by atoms with Crippen LogP contribution in [0.3, 0.4) is 0 Å². The minimum Gasteiger partial charge on any atom is -0.466 e. The van der Waals surface area contributed by atoms with E-state index in [4.69, 9.17) is 25.8 Å². The number of carbonyl (C=O) groups is 2. The number of hydrogen-bond acceptors (Lipinski definition) is 5. The first-order valence-corrected chi connectivity index (χ1v) is 7.96. The maximum atomic E-state index is 12.5. The van der Waals surface area contributed by atoms with Crippen molar-refractivity contribution < 1.29 is 23.8 Å². The van der Waals surface area contributed by atoms with E-state index in [1.807, 2.05) is 25.1 Å². The van der Waals surface area contributed by atoms with Crippen molar-refractivity contribution >= 4 is 23.5 Å². The summed E-state index contributed by atoms with van der Waals surface area (Å²) in [6, 6.07) is 13.8. The number of benzene rings is 2. The zero-order chi connectivity index (χ0) is 18.4. The van der Waals surface area contributed by atoms with Gasteiger partial charge in [0.15, 0.2) is 0 Å². The number of aryl methyl sites for hydroxylation is 1. The molecule has 0 heterocycles. The van der Waals surface area contributed by atoms with E-state index in [2.05, 4.69) is 0 Å². The van der Waals surface area contributed by atoms with Gasteiger partial charge in [-0.2, -0.15) is 0 Å². The lowest BCUT2D eigenvalue weighted by atomic mass is 9.93. The quantitative estimate of drug-likeness (QED) is 0.582. The summed E-state index contributed by atoms with van der Waals surface area (Å²) in [5.74, 6) is -1.38. The molecule has 25 heavy (non-hydrogen) atoms. The van der Waals surface area contributed by atoms with Gasteiger partial charge in [-0.05, 0) is 36.8 Å². The number of esters is 2. The second-order valence-corrected chi connectivity index (χ2v) is 5.97. The third-order valence-electron chi connectivity index (χ3n) is 3.67. The van der Waals surface area contributed by atoms with Crippen LogP contribution < -0.4 is 4.74 Å². The van der Waals surface area contributed by atoms with Crippen molar-refractivity contribution in [2.24, 2.45) is 0 Å². The van der Waals surface area contributed by atoms with Gasteiger partial charge in [-0.25, -0.2) is 9.59 Å².